The first-order valence-electron chi connectivity index (χ1n) is 7.40. The molecule has 7 heteroatoms. The highest BCUT2D eigenvalue weighted by molar-refractivity contribution is 7.15. The van der Waals surface area contributed by atoms with Crippen LogP contribution < -0.4 is 4.90 Å². The molecule has 1 aromatic heterocycles. The summed E-state index contributed by atoms with van der Waals surface area (Å²) in [6.07, 6.45) is 6.58. The molecule has 0 radical (unpaired) electrons. The van der Waals surface area contributed by atoms with Gasteiger partial charge in [-0.1, -0.05) is 0 Å². The molecular formula is C14H21N3O3S. The molecular weight excluding hydrogens is 290 g/mol. The first-order chi connectivity index (χ1) is 10.2. The van der Waals surface area contributed by atoms with Crippen molar-refractivity contribution in [2.24, 2.45) is 0 Å². The van der Waals surface area contributed by atoms with E-state index in [2.05, 4.69) is 14.8 Å². The molecule has 2 fully saturated rings. The Hall–Kier alpha value is -1.18. The number of carboxylic acid groups (broad SMARTS) is 1. The zero-order valence-electron chi connectivity index (χ0n) is 12.2. The number of carbonyl (C=O) groups is 1. The average molecular weight is 311 g/mol. The first-order valence-corrected chi connectivity index (χ1v) is 8.22. The number of aryl methyl sites for hydroxylation is 1. The van der Waals surface area contributed by atoms with Crippen LogP contribution in [0.3, 0.4) is 0 Å². The van der Waals surface area contributed by atoms with Gasteiger partial charge in [0, 0.05) is 37.7 Å². The molecule has 2 aliphatic heterocycles. The zero-order chi connectivity index (χ0) is 14.8. The Morgan fingerprint density at radius 1 is 1.52 bits per heavy atom. The van der Waals surface area contributed by atoms with E-state index in [1.165, 1.54) is 6.42 Å². The number of hydrogen-bond donors (Lipinski definition) is 1. The van der Waals surface area contributed by atoms with E-state index in [1.54, 1.807) is 18.4 Å². The van der Waals surface area contributed by atoms with Gasteiger partial charge in [-0.05, 0) is 19.3 Å². The van der Waals surface area contributed by atoms with E-state index in [9.17, 15) is 4.79 Å². The summed E-state index contributed by atoms with van der Waals surface area (Å²) >= 11 is 1.62. The van der Waals surface area contributed by atoms with Crippen LogP contribution in [0.15, 0.2) is 6.20 Å². The summed E-state index contributed by atoms with van der Waals surface area (Å²) in [6.45, 7) is 2.10. The molecule has 6 nitrogen and oxygen atoms in total. The fourth-order valence-corrected chi connectivity index (χ4v) is 4.05. The van der Waals surface area contributed by atoms with Crippen LogP contribution in [0.4, 0.5) is 5.13 Å². The number of aliphatic carboxylic acids is 1. The van der Waals surface area contributed by atoms with Crippen LogP contribution in [0.25, 0.3) is 0 Å². The Labute approximate surface area is 128 Å². The van der Waals surface area contributed by atoms with Crippen molar-refractivity contribution >= 4 is 22.4 Å². The monoisotopic (exact) mass is 311 g/mol. The van der Waals surface area contributed by atoms with Crippen LogP contribution in [0.1, 0.15) is 30.6 Å². The van der Waals surface area contributed by atoms with E-state index < -0.39 is 5.97 Å². The van der Waals surface area contributed by atoms with Crippen molar-refractivity contribution < 1.29 is 14.6 Å². The van der Waals surface area contributed by atoms with Crippen molar-refractivity contribution in [1.29, 1.82) is 0 Å². The van der Waals surface area contributed by atoms with E-state index in [1.807, 2.05) is 6.20 Å². The molecule has 1 N–H and O–H groups in total. The molecule has 2 atom stereocenters. The maximum absolute atomic E-state index is 10.6. The van der Waals surface area contributed by atoms with Gasteiger partial charge in [0.2, 0.25) is 0 Å². The average Bonchev–Trinajstić information content (AvgIpc) is 3.04. The summed E-state index contributed by atoms with van der Waals surface area (Å²) in [7, 11) is 1.77. The van der Waals surface area contributed by atoms with Crippen LogP contribution in [0, 0.1) is 0 Å². The molecule has 0 amide bonds. The number of methoxy groups -OCH3 is 1. The molecule has 3 heterocycles. The Kier molecular flexibility index (Phi) is 4.42. The topological polar surface area (TPSA) is 65.9 Å². The van der Waals surface area contributed by atoms with Crippen LogP contribution in [0.5, 0.6) is 0 Å². The lowest BCUT2D eigenvalue weighted by Crippen LogP contribution is -2.58. The Morgan fingerprint density at radius 2 is 2.38 bits per heavy atom. The number of likely N-dealkylation sites (tertiary alicyclic amines) is 1. The van der Waals surface area contributed by atoms with Gasteiger partial charge in [0.15, 0.2) is 5.13 Å². The lowest BCUT2D eigenvalue weighted by atomic mass is 10.1. The second-order valence-electron chi connectivity index (χ2n) is 5.54. The molecule has 0 aliphatic carbocycles. The fraction of sp³-hybridized carbons (Fsp3) is 0.714. The third-order valence-electron chi connectivity index (χ3n) is 4.25. The van der Waals surface area contributed by atoms with Crippen molar-refractivity contribution in [2.75, 3.05) is 25.1 Å². The van der Waals surface area contributed by atoms with Gasteiger partial charge < -0.3 is 14.7 Å². The molecule has 0 bridgehead atoms. The van der Waals surface area contributed by atoms with Gasteiger partial charge in [-0.15, -0.1) is 11.3 Å². The second-order valence-corrected chi connectivity index (χ2v) is 6.63. The lowest BCUT2D eigenvalue weighted by Gasteiger charge is -2.46. The minimum absolute atomic E-state index is 0.170. The summed E-state index contributed by atoms with van der Waals surface area (Å²) in [4.78, 5) is 20.9. The number of carboxylic acids is 1. The molecule has 1 aromatic rings. The van der Waals surface area contributed by atoms with Gasteiger partial charge in [0.05, 0.1) is 12.6 Å². The van der Waals surface area contributed by atoms with E-state index in [4.69, 9.17) is 9.84 Å². The Bertz CT molecular complexity index is 505. The molecule has 0 unspecified atom stereocenters. The number of anilines is 1. The molecule has 0 spiro atoms. The van der Waals surface area contributed by atoms with Crippen LogP contribution in [-0.2, 0) is 16.0 Å². The highest BCUT2D eigenvalue weighted by Crippen LogP contribution is 2.35. The third kappa shape index (κ3) is 3.04. The standard InChI is InChI=1S/C14H21N3O3S/c1-20-12-6-8-16(12)11-3-2-7-17(11)14-15-9-10(21-14)4-5-13(18)19/h9,11-12H,2-8H2,1H3,(H,18,19)/t11-,12-/m0/s1. The summed E-state index contributed by atoms with van der Waals surface area (Å²) < 4.78 is 5.48. The zero-order valence-corrected chi connectivity index (χ0v) is 13.0. The van der Waals surface area contributed by atoms with Gasteiger partial charge >= 0.3 is 5.97 Å². The van der Waals surface area contributed by atoms with Gasteiger partial charge in [-0.25, -0.2) is 4.98 Å². The minimum Gasteiger partial charge on any atom is -0.481 e. The minimum atomic E-state index is -0.757. The van der Waals surface area contributed by atoms with E-state index in [0.29, 0.717) is 12.6 Å². The molecule has 21 heavy (non-hydrogen) atoms. The fourth-order valence-electron chi connectivity index (χ4n) is 3.07. The summed E-state index contributed by atoms with van der Waals surface area (Å²) in [6, 6.07) is 0. The van der Waals surface area contributed by atoms with E-state index in [0.717, 1.165) is 35.9 Å². The number of thiazole rings is 1. The highest BCUT2D eigenvalue weighted by Gasteiger charge is 2.40. The Balaban J connectivity index is 1.66. The smallest absolute Gasteiger partial charge is 0.303 e. The number of ether oxygens (including phenoxy) is 1. The maximum atomic E-state index is 10.6. The summed E-state index contributed by atoms with van der Waals surface area (Å²) in [5.41, 5.74) is 0. The number of hydrogen-bond acceptors (Lipinski definition) is 6. The van der Waals surface area contributed by atoms with Gasteiger partial charge in [-0.3, -0.25) is 9.69 Å². The normalized spacial score (nSPS) is 26.0. The molecule has 2 aliphatic rings. The summed E-state index contributed by atoms with van der Waals surface area (Å²) in [5, 5.41) is 9.77. The third-order valence-corrected chi connectivity index (χ3v) is 5.35. The van der Waals surface area contributed by atoms with Crippen LogP contribution in [0.2, 0.25) is 0 Å². The number of nitrogens with zero attached hydrogens (tertiary/aromatic N) is 3. The molecule has 3 rings (SSSR count). The van der Waals surface area contributed by atoms with E-state index >= 15 is 0 Å². The van der Waals surface area contributed by atoms with Crippen molar-refractivity contribution in [1.82, 2.24) is 9.88 Å². The lowest BCUT2D eigenvalue weighted by molar-refractivity contribution is -0.136. The summed E-state index contributed by atoms with van der Waals surface area (Å²) in [5.74, 6) is -0.757. The van der Waals surface area contributed by atoms with Crippen LogP contribution >= 0.6 is 11.3 Å². The predicted octanol–water partition coefficient (Wildman–Crippen LogP) is 1.76. The molecule has 2 saturated heterocycles. The van der Waals surface area contributed by atoms with Crippen molar-refractivity contribution in [3.05, 3.63) is 11.1 Å². The predicted molar refractivity (Wildman–Crippen MR) is 80.6 cm³/mol. The van der Waals surface area contributed by atoms with Crippen LogP contribution in [-0.4, -0.2) is 53.6 Å². The molecule has 116 valence electrons. The first kappa shape index (κ1) is 14.7. The van der Waals surface area contributed by atoms with E-state index in [-0.39, 0.29) is 12.6 Å². The maximum Gasteiger partial charge on any atom is 0.303 e. The highest BCUT2D eigenvalue weighted by atomic mass is 32.1. The van der Waals surface area contributed by atoms with Gasteiger partial charge in [0.1, 0.15) is 6.23 Å². The SMILES string of the molecule is CO[C@H]1CCN1[C@@H]1CCCN1c1ncc(CCC(=O)O)s1. The largest absolute Gasteiger partial charge is 0.481 e. The number of rotatable bonds is 6. The number of aromatic nitrogens is 1. The Morgan fingerprint density at radius 3 is 3.05 bits per heavy atom. The second kappa shape index (κ2) is 6.29. The molecule has 0 aromatic carbocycles. The van der Waals surface area contributed by atoms with Gasteiger partial charge in [0.25, 0.3) is 0 Å². The quantitative estimate of drug-likeness (QED) is 0.863. The molecule has 0 saturated carbocycles. The van der Waals surface area contributed by atoms with Gasteiger partial charge in [-0.2, -0.15) is 0 Å². The van der Waals surface area contributed by atoms with Crippen molar-refractivity contribution in [3.8, 4) is 0 Å². The van der Waals surface area contributed by atoms with Crippen molar-refractivity contribution in [3.63, 3.8) is 0 Å². The van der Waals surface area contributed by atoms with Crippen molar-refractivity contribution in [2.45, 2.75) is 44.5 Å².